The first-order valence-electron chi connectivity index (χ1n) is 7.85. The molecule has 1 amide bonds. The molecule has 2 rings (SSSR count). The summed E-state index contributed by atoms with van der Waals surface area (Å²) in [5.41, 5.74) is 2.17. The van der Waals surface area contributed by atoms with Gasteiger partial charge in [0, 0.05) is 24.3 Å². The van der Waals surface area contributed by atoms with Gasteiger partial charge in [-0.25, -0.2) is 4.99 Å². The van der Waals surface area contributed by atoms with E-state index >= 15 is 0 Å². The smallest absolute Gasteiger partial charge is 0.248 e. The van der Waals surface area contributed by atoms with Crippen molar-refractivity contribution in [2.45, 2.75) is 39.7 Å². The van der Waals surface area contributed by atoms with E-state index in [-0.39, 0.29) is 42.0 Å². The van der Waals surface area contributed by atoms with Crippen molar-refractivity contribution in [2.24, 2.45) is 4.99 Å². The number of carbonyl (C=O) groups excluding carboxylic acids is 1. The Labute approximate surface area is 156 Å². The zero-order valence-electron chi connectivity index (χ0n) is 14.3. The number of nitrogens with zero attached hydrogens (tertiary/aromatic N) is 2. The first-order chi connectivity index (χ1) is 10.4. The summed E-state index contributed by atoms with van der Waals surface area (Å²) in [6.07, 6.45) is 0.923. The van der Waals surface area contributed by atoms with Crippen LogP contribution in [-0.4, -0.2) is 37.0 Å². The molecule has 2 N–H and O–H groups in total. The first-order valence-corrected chi connectivity index (χ1v) is 7.85. The average Bonchev–Trinajstić information content (AvgIpc) is 2.87. The highest BCUT2D eigenvalue weighted by molar-refractivity contribution is 14.0. The number of guanidine groups is 1. The van der Waals surface area contributed by atoms with Crippen LogP contribution in [0.1, 0.15) is 33.3 Å². The van der Waals surface area contributed by atoms with Crippen LogP contribution in [0, 0.1) is 0 Å². The molecule has 1 aromatic carbocycles. The number of rotatable bonds is 3. The molecule has 0 saturated heterocycles. The van der Waals surface area contributed by atoms with E-state index in [0.717, 1.165) is 25.2 Å². The Morgan fingerprint density at radius 1 is 1.30 bits per heavy atom. The van der Waals surface area contributed by atoms with Gasteiger partial charge < -0.3 is 15.5 Å². The molecule has 0 aromatic heterocycles. The molecular formula is C17H27IN4O. The fourth-order valence-electron chi connectivity index (χ4n) is 2.49. The van der Waals surface area contributed by atoms with Gasteiger partial charge in [0.05, 0.1) is 0 Å². The Morgan fingerprint density at radius 2 is 2.00 bits per heavy atom. The van der Waals surface area contributed by atoms with Crippen LogP contribution in [-0.2, 0) is 11.2 Å². The van der Waals surface area contributed by atoms with E-state index in [1.807, 2.05) is 30.0 Å². The number of carbonyl (C=O) groups is 1. The molecule has 128 valence electrons. The van der Waals surface area contributed by atoms with Gasteiger partial charge in [0.2, 0.25) is 5.91 Å². The Kier molecular flexibility index (Phi) is 7.31. The normalized spacial score (nSPS) is 14.1. The van der Waals surface area contributed by atoms with Crippen molar-refractivity contribution in [3.8, 4) is 0 Å². The highest BCUT2D eigenvalue weighted by Gasteiger charge is 2.23. The van der Waals surface area contributed by atoms with Crippen LogP contribution >= 0.6 is 24.0 Å². The third-order valence-electron chi connectivity index (χ3n) is 3.40. The molecule has 0 saturated carbocycles. The van der Waals surface area contributed by atoms with Gasteiger partial charge in [-0.15, -0.1) is 24.0 Å². The molecule has 0 unspecified atom stereocenters. The van der Waals surface area contributed by atoms with E-state index < -0.39 is 0 Å². The van der Waals surface area contributed by atoms with Crippen molar-refractivity contribution in [1.29, 1.82) is 0 Å². The number of anilines is 1. The van der Waals surface area contributed by atoms with Crippen LogP contribution in [0.3, 0.4) is 0 Å². The van der Waals surface area contributed by atoms with Gasteiger partial charge in [0.1, 0.15) is 6.54 Å². The predicted molar refractivity (Wildman–Crippen MR) is 107 cm³/mol. The van der Waals surface area contributed by atoms with Crippen LogP contribution in [0.2, 0.25) is 0 Å². The highest BCUT2D eigenvalue weighted by atomic mass is 127. The van der Waals surface area contributed by atoms with Crippen molar-refractivity contribution >= 4 is 41.5 Å². The number of aliphatic imine (C=N–C) groups is 1. The lowest BCUT2D eigenvalue weighted by Crippen LogP contribution is -2.48. The van der Waals surface area contributed by atoms with E-state index in [4.69, 9.17) is 0 Å². The minimum Gasteiger partial charge on any atom is -0.357 e. The number of benzene rings is 1. The van der Waals surface area contributed by atoms with Gasteiger partial charge in [-0.1, -0.05) is 18.2 Å². The zero-order chi connectivity index (χ0) is 16.2. The maximum absolute atomic E-state index is 12.4. The van der Waals surface area contributed by atoms with Crippen LogP contribution in [0.5, 0.6) is 0 Å². The maximum atomic E-state index is 12.4. The van der Waals surface area contributed by atoms with Crippen LogP contribution < -0.4 is 15.5 Å². The molecule has 1 aliphatic heterocycles. The molecule has 1 aromatic rings. The third kappa shape index (κ3) is 5.67. The fourth-order valence-corrected chi connectivity index (χ4v) is 2.49. The second-order valence-electron chi connectivity index (χ2n) is 6.49. The van der Waals surface area contributed by atoms with Crippen LogP contribution in [0.25, 0.3) is 0 Å². The van der Waals surface area contributed by atoms with Crippen LogP contribution in [0.4, 0.5) is 5.69 Å². The van der Waals surface area contributed by atoms with Crippen molar-refractivity contribution in [1.82, 2.24) is 10.6 Å². The van der Waals surface area contributed by atoms with E-state index in [1.165, 1.54) is 5.56 Å². The molecule has 23 heavy (non-hydrogen) atoms. The Bertz CT molecular complexity index is 566. The van der Waals surface area contributed by atoms with Crippen molar-refractivity contribution in [3.63, 3.8) is 0 Å². The predicted octanol–water partition coefficient (Wildman–Crippen LogP) is 2.55. The quantitative estimate of drug-likeness (QED) is 0.440. The third-order valence-corrected chi connectivity index (χ3v) is 3.40. The number of halogens is 1. The lowest BCUT2D eigenvalue weighted by molar-refractivity contribution is -0.117. The minimum atomic E-state index is -0.0930. The van der Waals surface area contributed by atoms with Gasteiger partial charge >= 0.3 is 0 Å². The summed E-state index contributed by atoms with van der Waals surface area (Å²) in [5, 5.41) is 6.46. The van der Waals surface area contributed by atoms with E-state index in [9.17, 15) is 4.79 Å². The second-order valence-corrected chi connectivity index (χ2v) is 6.49. The number of nitrogens with one attached hydrogen (secondary N) is 2. The number of hydrogen-bond donors (Lipinski definition) is 2. The molecule has 0 spiro atoms. The van der Waals surface area contributed by atoms with Gasteiger partial charge in [-0.2, -0.15) is 0 Å². The van der Waals surface area contributed by atoms with Crippen LogP contribution in [0.15, 0.2) is 29.3 Å². The first kappa shape index (κ1) is 19.7. The van der Waals surface area contributed by atoms with E-state index in [0.29, 0.717) is 5.96 Å². The number of amides is 1. The van der Waals surface area contributed by atoms with Crippen molar-refractivity contribution in [3.05, 3.63) is 29.8 Å². The van der Waals surface area contributed by atoms with E-state index in [1.54, 1.807) is 0 Å². The summed E-state index contributed by atoms with van der Waals surface area (Å²) in [4.78, 5) is 18.7. The van der Waals surface area contributed by atoms with Gasteiger partial charge in [-0.3, -0.25) is 4.79 Å². The molecular weight excluding hydrogens is 403 g/mol. The minimum absolute atomic E-state index is 0. The van der Waals surface area contributed by atoms with Gasteiger partial charge in [0.15, 0.2) is 5.96 Å². The molecule has 0 bridgehead atoms. The molecule has 6 heteroatoms. The van der Waals surface area contributed by atoms with Crippen molar-refractivity contribution < 1.29 is 4.79 Å². The Hall–Kier alpha value is -1.31. The number of para-hydroxylation sites is 1. The lowest BCUT2D eigenvalue weighted by Gasteiger charge is -2.24. The molecule has 5 nitrogen and oxygen atoms in total. The summed E-state index contributed by atoms with van der Waals surface area (Å²) < 4.78 is 0. The second kappa shape index (κ2) is 8.52. The molecule has 0 aliphatic carbocycles. The standard InChI is InChI=1S/C17H26N4O.HI/c1-5-18-16(20-17(2,3)4)19-12-15(22)21-11-10-13-8-6-7-9-14(13)21;/h6-9H,5,10-12H2,1-4H3,(H2,18,19,20);1H. The molecule has 1 aliphatic rings. The van der Waals surface area contributed by atoms with Gasteiger partial charge in [-0.05, 0) is 45.7 Å². The molecule has 1 heterocycles. The highest BCUT2D eigenvalue weighted by Crippen LogP contribution is 2.27. The summed E-state index contributed by atoms with van der Waals surface area (Å²) in [6.45, 7) is 9.88. The average molecular weight is 430 g/mol. The van der Waals surface area contributed by atoms with Gasteiger partial charge in [0.25, 0.3) is 0 Å². The number of fused-ring (bicyclic) bond motifs is 1. The monoisotopic (exact) mass is 430 g/mol. The summed E-state index contributed by atoms with van der Waals surface area (Å²) in [6, 6.07) is 8.07. The summed E-state index contributed by atoms with van der Waals surface area (Å²) in [7, 11) is 0. The molecule has 0 fully saturated rings. The topological polar surface area (TPSA) is 56.7 Å². The molecule has 0 atom stereocenters. The largest absolute Gasteiger partial charge is 0.357 e. The van der Waals surface area contributed by atoms with E-state index in [2.05, 4.69) is 42.5 Å². The Balaban J connectivity index is 0.00000264. The Morgan fingerprint density at radius 3 is 2.65 bits per heavy atom. The lowest BCUT2D eigenvalue weighted by atomic mass is 10.1. The maximum Gasteiger partial charge on any atom is 0.248 e. The zero-order valence-corrected chi connectivity index (χ0v) is 16.7. The SMILES string of the molecule is CCNC(=NCC(=O)N1CCc2ccccc21)NC(C)(C)C.I. The number of hydrogen-bond acceptors (Lipinski definition) is 2. The fraction of sp³-hybridized carbons (Fsp3) is 0.529. The summed E-state index contributed by atoms with van der Waals surface area (Å²) >= 11 is 0. The van der Waals surface area contributed by atoms with Crippen molar-refractivity contribution in [2.75, 3.05) is 24.5 Å². The summed E-state index contributed by atoms with van der Waals surface area (Å²) in [5.74, 6) is 0.715. The molecule has 0 radical (unpaired) electrons.